The predicted molar refractivity (Wildman–Crippen MR) is 73.7 cm³/mol. The van der Waals surface area contributed by atoms with Crippen molar-refractivity contribution in [3.05, 3.63) is 39.4 Å². The highest BCUT2D eigenvalue weighted by atomic mass is 35.5. The summed E-state index contributed by atoms with van der Waals surface area (Å²) in [5.74, 6) is 0.117. The lowest BCUT2D eigenvalue weighted by Crippen LogP contribution is -1.94. The van der Waals surface area contributed by atoms with Gasteiger partial charge in [0.15, 0.2) is 0 Å². The molecule has 3 aromatic rings. The maximum Gasteiger partial charge on any atom is 0.277 e. The number of benzene rings is 1. The van der Waals surface area contributed by atoms with Gasteiger partial charge in [-0.05, 0) is 18.2 Å². The third-order valence-corrected chi connectivity index (χ3v) is 3.71. The number of thiazole rings is 1. The Balaban J connectivity index is 1.95. The molecule has 1 aromatic carbocycles. The van der Waals surface area contributed by atoms with Crippen LogP contribution in [0.25, 0.3) is 23.0 Å². The highest BCUT2D eigenvalue weighted by molar-refractivity contribution is 7.09. The molecule has 5 nitrogen and oxygen atoms in total. The summed E-state index contributed by atoms with van der Waals surface area (Å²) in [6, 6.07) is 4.23. The first kappa shape index (κ1) is 13.2. The topological polar surface area (TPSA) is 77.8 Å². The fraction of sp³-hybridized carbons (Fsp3) is 0.0833. The van der Waals surface area contributed by atoms with E-state index >= 15 is 0 Å². The summed E-state index contributed by atoms with van der Waals surface area (Å²) in [6.07, 6.45) is 0. The monoisotopic (exact) mass is 310 g/mol. The van der Waals surface area contributed by atoms with Gasteiger partial charge in [0, 0.05) is 17.5 Å². The number of rotatable bonds is 3. The lowest BCUT2D eigenvalue weighted by atomic mass is 10.2. The first-order valence-corrected chi connectivity index (χ1v) is 6.87. The summed E-state index contributed by atoms with van der Waals surface area (Å²) in [7, 11) is 0. The average molecular weight is 311 g/mol. The Morgan fingerprint density at radius 3 is 2.90 bits per heavy atom. The van der Waals surface area contributed by atoms with Crippen LogP contribution in [-0.4, -0.2) is 15.1 Å². The van der Waals surface area contributed by atoms with E-state index in [-0.39, 0.29) is 10.9 Å². The van der Waals surface area contributed by atoms with Crippen molar-refractivity contribution in [2.24, 2.45) is 5.73 Å². The van der Waals surface area contributed by atoms with Crippen LogP contribution in [0.3, 0.4) is 0 Å². The van der Waals surface area contributed by atoms with Crippen molar-refractivity contribution >= 4 is 22.9 Å². The number of halogens is 2. The predicted octanol–water partition coefficient (Wildman–Crippen LogP) is 3.11. The summed E-state index contributed by atoms with van der Waals surface area (Å²) >= 11 is 7.14. The normalized spacial score (nSPS) is 10.9. The Morgan fingerprint density at radius 1 is 1.35 bits per heavy atom. The van der Waals surface area contributed by atoms with Crippen LogP contribution in [0.15, 0.2) is 28.1 Å². The van der Waals surface area contributed by atoms with Crippen molar-refractivity contribution in [3.8, 4) is 23.0 Å². The maximum absolute atomic E-state index is 13.1. The van der Waals surface area contributed by atoms with Crippen molar-refractivity contribution < 1.29 is 8.91 Å². The smallest absolute Gasteiger partial charge is 0.277 e. The zero-order valence-electron chi connectivity index (χ0n) is 10.0. The van der Waals surface area contributed by atoms with Crippen LogP contribution in [0, 0.1) is 5.82 Å². The van der Waals surface area contributed by atoms with E-state index in [1.165, 1.54) is 29.5 Å². The molecule has 0 unspecified atom stereocenters. The van der Waals surface area contributed by atoms with Crippen LogP contribution in [-0.2, 0) is 6.54 Å². The number of nitrogens with zero attached hydrogens (tertiary/aromatic N) is 3. The van der Waals surface area contributed by atoms with Gasteiger partial charge in [-0.25, -0.2) is 9.37 Å². The van der Waals surface area contributed by atoms with Gasteiger partial charge in [0.05, 0.1) is 5.02 Å². The molecule has 0 atom stereocenters. The first-order valence-electron chi connectivity index (χ1n) is 5.61. The minimum absolute atomic E-state index is 0.00734. The van der Waals surface area contributed by atoms with Crippen molar-refractivity contribution in [2.45, 2.75) is 6.54 Å². The molecule has 0 fully saturated rings. The van der Waals surface area contributed by atoms with Crippen molar-refractivity contribution in [3.63, 3.8) is 0 Å². The number of nitrogens with two attached hydrogens (primary N) is 1. The van der Waals surface area contributed by atoms with Gasteiger partial charge in [0.1, 0.15) is 16.5 Å². The molecular weight excluding hydrogens is 303 g/mol. The Labute approximate surface area is 122 Å². The quantitative estimate of drug-likeness (QED) is 0.804. The molecular formula is C12H8ClFN4OS. The molecule has 0 amide bonds. The molecule has 20 heavy (non-hydrogen) atoms. The summed E-state index contributed by atoms with van der Waals surface area (Å²) in [4.78, 5) is 8.46. The van der Waals surface area contributed by atoms with Gasteiger partial charge in [-0.15, -0.1) is 11.3 Å². The highest BCUT2D eigenvalue weighted by Gasteiger charge is 2.14. The molecule has 8 heteroatoms. The number of aromatic nitrogens is 3. The molecule has 0 radical (unpaired) electrons. The van der Waals surface area contributed by atoms with Gasteiger partial charge < -0.3 is 10.3 Å². The zero-order chi connectivity index (χ0) is 14.1. The van der Waals surface area contributed by atoms with Crippen LogP contribution in [0.2, 0.25) is 5.02 Å². The minimum Gasteiger partial charge on any atom is -0.332 e. The SMILES string of the molecule is NCc1nc(-c2nc(-c3ccc(F)c(Cl)c3)no2)cs1. The summed E-state index contributed by atoms with van der Waals surface area (Å²) in [5.41, 5.74) is 6.64. The molecule has 0 aliphatic rings. The number of hydrogen-bond acceptors (Lipinski definition) is 6. The molecule has 0 saturated carbocycles. The molecule has 0 spiro atoms. The van der Waals surface area contributed by atoms with Crippen LogP contribution >= 0.6 is 22.9 Å². The Kier molecular flexibility index (Phi) is 3.47. The fourth-order valence-electron chi connectivity index (χ4n) is 1.58. The number of hydrogen-bond donors (Lipinski definition) is 1. The second-order valence-corrected chi connectivity index (χ2v) is 5.23. The first-order chi connectivity index (χ1) is 9.67. The second kappa shape index (κ2) is 5.28. The van der Waals surface area contributed by atoms with Crippen molar-refractivity contribution in [1.82, 2.24) is 15.1 Å². The molecule has 2 aromatic heterocycles. The summed E-state index contributed by atoms with van der Waals surface area (Å²) in [5, 5.41) is 6.41. The Morgan fingerprint density at radius 2 is 2.20 bits per heavy atom. The van der Waals surface area contributed by atoms with Gasteiger partial charge in [-0.2, -0.15) is 4.98 Å². The fourth-order valence-corrected chi connectivity index (χ4v) is 2.41. The zero-order valence-corrected chi connectivity index (χ0v) is 11.6. The van der Waals surface area contributed by atoms with Gasteiger partial charge in [-0.3, -0.25) is 0 Å². The van der Waals surface area contributed by atoms with Crippen LogP contribution < -0.4 is 5.73 Å². The maximum atomic E-state index is 13.1. The van der Waals surface area contributed by atoms with E-state index in [9.17, 15) is 4.39 Å². The van der Waals surface area contributed by atoms with E-state index < -0.39 is 5.82 Å². The van der Waals surface area contributed by atoms with E-state index in [1.807, 2.05) is 0 Å². The third kappa shape index (κ3) is 2.43. The van der Waals surface area contributed by atoms with Gasteiger partial charge >= 0.3 is 0 Å². The van der Waals surface area contributed by atoms with Gasteiger partial charge in [-0.1, -0.05) is 16.8 Å². The van der Waals surface area contributed by atoms with E-state index in [4.69, 9.17) is 21.9 Å². The lowest BCUT2D eigenvalue weighted by Gasteiger charge is -1.96. The Bertz CT molecular complexity index is 758. The van der Waals surface area contributed by atoms with E-state index in [2.05, 4.69) is 15.1 Å². The van der Waals surface area contributed by atoms with Crippen LogP contribution in [0.1, 0.15) is 5.01 Å². The highest BCUT2D eigenvalue weighted by Crippen LogP contribution is 2.26. The largest absolute Gasteiger partial charge is 0.332 e. The van der Waals surface area contributed by atoms with Crippen LogP contribution in [0.4, 0.5) is 4.39 Å². The van der Waals surface area contributed by atoms with Crippen molar-refractivity contribution in [2.75, 3.05) is 0 Å². The van der Waals surface area contributed by atoms with E-state index in [1.54, 1.807) is 5.38 Å². The Hall–Kier alpha value is -1.83. The van der Waals surface area contributed by atoms with E-state index in [0.717, 1.165) is 5.01 Å². The standard InChI is InChI=1S/C12H8ClFN4OS/c13-7-3-6(1-2-8(7)14)11-17-12(19-18-11)9-5-20-10(4-15)16-9/h1-3,5H,4,15H2. The molecule has 2 heterocycles. The van der Waals surface area contributed by atoms with Gasteiger partial charge in [0.25, 0.3) is 5.89 Å². The third-order valence-electron chi connectivity index (χ3n) is 2.55. The van der Waals surface area contributed by atoms with E-state index in [0.29, 0.717) is 23.6 Å². The average Bonchev–Trinajstić information content (AvgIpc) is 3.09. The molecule has 0 aliphatic heterocycles. The van der Waals surface area contributed by atoms with Crippen LogP contribution in [0.5, 0.6) is 0 Å². The molecule has 0 bridgehead atoms. The molecule has 3 rings (SSSR count). The minimum atomic E-state index is -0.494. The molecule has 0 saturated heterocycles. The lowest BCUT2D eigenvalue weighted by molar-refractivity contribution is 0.431. The second-order valence-electron chi connectivity index (χ2n) is 3.88. The summed E-state index contributed by atoms with van der Waals surface area (Å²) < 4.78 is 18.2. The molecule has 102 valence electrons. The molecule has 0 aliphatic carbocycles. The van der Waals surface area contributed by atoms with Crippen molar-refractivity contribution in [1.29, 1.82) is 0 Å². The molecule has 2 N–H and O–H groups in total. The van der Waals surface area contributed by atoms with Gasteiger partial charge in [0.2, 0.25) is 5.82 Å². The summed E-state index contributed by atoms with van der Waals surface area (Å²) in [6.45, 7) is 0.360.